The smallest absolute Gasteiger partial charge is 0.246 e. The van der Waals surface area contributed by atoms with E-state index in [1.165, 1.54) is 21.4 Å². The zero-order valence-corrected chi connectivity index (χ0v) is 12.4. The highest BCUT2D eigenvalue weighted by Crippen LogP contribution is 2.17. The van der Waals surface area contributed by atoms with E-state index in [4.69, 9.17) is 10.5 Å². The van der Waals surface area contributed by atoms with Gasteiger partial charge in [-0.25, -0.2) is 8.42 Å². The predicted molar refractivity (Wildman–Crippen MR) is 72.2 cm³/mol. The van der Waals surface area contributed by atoms with Gasteiger partial charge < -0.3 is 10.5 Å². The third-order valence-electron chi connectivity index (χ3n) is 2.79. The zero-order chi connectivity index (χ0) is 14.5. The van der Waals surface area contributed by atoms with E-state index in [1.54, 1.807) is 14.0 Å². The molecule has 0 aliphatic rings. The lowest BCUT2D eigenvalue weighted by Crippen LogP contribution is -2.40. The summed E-state index contributed by atoms with van der Waals surface area (Å²) in [6.45, 7) is 5.26. The van der Waals surface area contributed by atoms with E-state index in [9.17, 15) is 8.42 Å². The Morgan fingerprint density at radius 3 is 2.79 bits per heavy atom. The second kappa shape index (κ2) is 6.99. The van der Waals surface area contributed by atoms with Crippen LogP contribution in [-0.4, -0.2) is 55.4 Å². The van der Waals surface area contributed by atoms with Gasteiger partial charge in [-0.3, -0.25) is 4.68 Å². The van der Waals surface area contributed by atoms with E-state index in [1.807, 2.05) is 6.92 Å². The minimum atomic E-state index is -3.54. The Kier molecular flexibility index (Phi) is 5.92. The fourth-order valence-electron chi connectivity index (χ4n) is 1.91. The van der Waals surface area contributed by atoms with Crippen molar-refractivity contribution < 1.29 is 13.2 Å². The molecule has 8 heteroatoms. The third kappa shape index (κ3) is 3.75. The van der Waals surface area contributed by atoms with Gasteiger partial charge in [0.1, 0.15) is 4.90 Å². The molecule has 1 unspecified atom stereocenters. The van der Waals surface area contributed by atoms with Crippen LogP contribution in [0.3, 0.4) is 0 Å². The Morgan fingerprint density at radius 2 is 2.26 bits per heavy atom. The van der Waals surface area contributed by atoms with Crippen molar-refractivity contribution in [1.82, 2.24) is 14.1 Å². The molecule has 110 valence electrons. The van der Waals surface area contributed by atoms with Crippen molar-refractivity contribution in [3.8, 4) is 0 Å². The number of methoxy groups -OCH3 is 1. The zero-order valence-electron chi connectivity index (χ0n) is 11.6. The molecule has 1 aromatic rings. The van der Waals surface area contributed by atoms with Crippen LogP contribution < -0.4 is 5.73 Å². The molecule has 0 bridgehead atoms. The first-order valence-electron chi connectivity index (χ1n) is 6.20. The lowest BCUT2D eigenvalue weighted by molar-refractivity contribution is 0.142. The number of sulfonamides is 1. The number of hydrogen-bond acceptors (Lipinski definition) is 5. The Labute approximate surface area is 114 Å². The van der Waals surface area contributed by atoms with Crippen molar-refractivity contribution in [1.29, 1.82) is 0 Å². The monoisotopic (exact) mass is 290 g/mol. The van der Waals surface area contributed by atoms with E-state index in [0.717, 1.165) is 0 Å². The van der Waals surface area contributed by atoms with Gasteiger partial charge >= 0.3 is 0 Å². The average Bonchev–Trinajstić information content (AvgIpc) is 2.79. The Hall–Kier alpha value is -0.960. The average molecular weight is 290 g/mol. The number of likely N-dealkylation sites (N-methyl/N-ethyl adjacent to an activating group) is 1. The topological polar surface area (TPSA) is 90.5 Å². The molecule has 1 aromatic heterocycles. The molecule has 0 radical (unpaired) electrons. The van der Waals surface area contributed by atoms with Crippen LogP contribution in [0.5, 0.6) is 0 Å². The summed E-state index contributed by atoms with van der Waals surface area (Å²) in [5.74, 6) is 0. The summed E-state index contributed by atoms with van der Waals surface area (Å²) in [4.78, 5) is 0.186. The molecule has 0 saturated carbocycles. The van der Waals surface area contributed by atoms with E-state index in [0.29, 0.717) is 26.2 Å². The molecule has 0 aliphatic carbocycles. The summed E-state index contributed by atoms with van der Waals surface area (Å²) in [7, 11) is -1.99. The first-order valence-corrected chi connectivity index (χ1v) is 7.64. The Bertz CT molecular complexity index is 486. The Balaban J connectivity index is 2.99. The molecule has 0 saturated heterocycles. The van der Waals surface area contributed by atoms with Crippen LogP contribution in [-0.2, 0) is 21.3 Å². The fraction of sp³-hybridized carbons (Fsp3) is 0.727. The SMILES string of the molecule is CCN(C(C)COC)S(=O)(=O)c1cnn(CCN)c1. The second-order valence-corrected chi connectivity index (χ2v) is 6.13. The van der Waals surface area contributed by atoms with Crippen molar-refractivity contribution in [2.45, 2.75) is 31.3 Å². The van der Waals surface area contributed by atoms with E-state index in [-0.39, 0.29) is 10.9 Å². The maximum Gasteiger partial charge on any atom is 0.246 e. The summed E-state index contributed by atoms with van der Waals surface area (Å²) >= 11 is 0. The number of nitrogens with two attached hydrogens (primary N) is 1. The van der Waals surface area contributed by atoms with Gasteiger partial charge in [-0.2, -0.15) is 9.40 Å². The molecule has 0 fully saturated rings. The number of hydrogen-bond donors (Lipinski definition) is 1. The molecule has 0 aliphatic heterocycles. The van der Waals surface area contributed by atoms with Gasteiger partial charge in [0.15, 0.2) is 0 Å². The molecule has 0 amide bonds. The first kappa shape index (κ1) is 16.1. The quantitative estimate of drug-likeness (QED) is 0.721. The van der Waals surface area contributed by atoms with E-state index in [2.05, 4.69) is 5.10 Å². The summed E-state index contributed by atoms with van der Waals surface area (Å²) in [6, 6.07) is -0.224. The van der Waals surface area contributed by atoms with Gasteiger partial charge in [-0.15, -0.1) is 0 Å². The summed E-state index contributed by atoms with van der Waals surface area (Å²) < 4.78 is 32.9. The highest BCUT2D eigenvalue weighted by atomic mass is 32.2. The molecule has 7 nitrogen and oxygen atoms in total. The van der Waals surface area contributed by atoms with Crippen LogP contribution in [0.4, 0.5) is 0 Å². The number of rotatable bonds is 8. The standard InChI is InChI=1S/C11H22N4O3S/c1-4-15(10(2)9-18-3)19(16,17)11-7-13-14(8-11)6-5-12/h7-8,10H,4-6,9,12H2,1-3H3. The van der Waals surface area contributed by atoms with Gasteiger partial charge in [0.05, 0.1) is 19.3 Å². The molecule has 2 N–H and O–H groups in total. The normalized spacial score (nSPS) is 13.9. The van der Waals surface area contributed by atoms with Gasteiger partial charge in [-0.05, 0) is 6.92 Å². The Morgan fingerprint density at radius 1 is 1.58 bits per heavy atom. The maximum absolute atomic E-state index is 12.5. The van der Waals surface area contributed by atoms with Crippen LogP contribution in [0.2, 0.25) is 0 Å². The number of aromatic nitrogens is 2. The molecule has 0 aromatic carbocycles. The largest absolute Gasteiger partial charge is 0.383 e. The molecule has 19 heavy (non-hydrogen) atoms. The van der Waals surface area contributed by atoms with Crippen LogP contribution >= 0.6 is 0 Å². The lowest BCUT2D eigenvalue weighted by Gasteiger charge is -2.25. The minimum Gasteiger partial charge on any atom is -0.383 e. The highest BCUT2D eigenvalue weighted by Gasteiger charge is 2.28. The summed E-state index contributed by atoms with van der Waals surface area (Å²) in [5, 5.41) is 3.99. The van der Waals surface area contributed by atoms with Crippen LogP contribution in [0.25, 0.3) is 0 Å². The van der Waals surface area contributed by atoms with Crippen molar-refractivity contribution >= 4 is 10.0 Å². The second-order valence-electron chi connectivity index (χ2n) is 4.24. The summed E-state index contributed by atoms with van der Waals surface area (Å²) in [5.41, 5.74) is 5.42. The van der Waals surface area contributed by atoms with Gasteiger partial charge in [0.25, 0.3) is 0 Å². The van der Waals surface area contributed by atoms with Crippen molar-refractivity contribution in [3.63, 3.8) is 0 Å². The molecule has 0 spiro atoms. The van der Waals surface area contributed by atoms with Crippen LogP contribution in [0.1, 0.15) is 13.8 Å². The van der Waals surface area contributed by atoms with Gasteiger partial charge in [0.2, 0.25) is 10.0 Å². The minimum absolute atomic E-state index is 0.186. The van der Waals surface area contributed by atoms with E-state index >= 15 is 0 Å². The highest BCUT2D eigenvalue weighted by molar-refractivity contribution is 7.89. The number of ether oxygens (including phenoxy) is 1. The first-order chi connectivity index (χ1) is 8.97. The molecule has 1 atom stereocenters. The molecule has 1 rings (SSSR count). The van der Waals surface area contributed by atoms with Gasteiger partial charge in [0, 0.05) is 32.4 Å². The lowest BCUT2D eigenvalue weighted by atomic mass is 10.4. The third-order valence-corrected chi connectivity index (χ3v) is 4.83. The van der Waals surface area contributed by atoms with Gasteiger partial charge in [-0.1, -0.05) is 6.92 Å². The number of nitrogens with zero attached hydrogens (tertiary/aromatic N) is 3. The predicted octanol–water partition coefficient (Wildman–Crippen LogP) is -0.113. The van der Waals surface area contributed by atoms with Crippen LogP contribution in [0, 0.1) is 0 Å². The van der Waals surface area contributed by atoms with Crippen molar-refractivity contribution in [3.05, 3.63) is 12.4 Å². The molecule has 1 heterocycles. The molecular formula is C11H22N4O3S. The van der Waals surface area contributed by atoms with E-state index < -0.39 is 10.0 Å². The van der Waals surface area contributed by atoms with Crippen molar-refractivity contribution in [2.24, 2.45) is 5.73 Å². The van der Waals surface area contributed by atoms with Crippen molar-refractivity contribution in [2.75, 3.05) is 26.8 Å². The molecular weight excluding hydrogens is 268 g/mol. The summed E-state index contributed by atoms with van der Waals surface area (Å²) in [6.07, 6.45) is 2.86. The van der Waals surface area contributed by atoms with Crippen LogP contribution in [0.15, 0.2) is 17.3 Å². The fourth-order valence-corrected chi connectivity index (χ4v) is 3.49. The maximum atomic E-state index is 12.5.